The van der Waals surface area contributed by atoms with Crippen LogP contribution in [0.15, 0.2) is 66.6 Å². The van der Waals surface area contributed by atoms with Crippen LogP contribution in [0.4, 0.5) is 10.1 Å². The molecule has 0 fully saturated rings. The molecule has 4 aliphatic rings. The third-order valence-corrected chi connectivity index (χ3v) is 6.73. The standard InChI is InChI=1S/C29H24FN7O2/c1-4-23(38)32-13-17-5-7-18(8-6-17)22-10-9-19-27(37(22)3)26-24-20(14-34-36-21(24)15-33-26)25(30)28(19)39-29-31-12-11-16(2)35-29/h4-12,15,34H,1,13-14H2,2-3H3,(H,32,38). The molecule has 194 valence electrons. The van der Waals surface area contributed by atoms with Crippen molar-refractivity contribution >= 4 is 23.4 Å². The average molecular weight is 522 g/mol. The second-order valence-corrected chi connectivity index (χ2v) is 9.18. The smallest absolute Gasteiger partial charge is 0.322 e. The Morgan fingerprint density at radius 1 is 1.23 bits per heavy atom. The van der Waals surface area contributed by atoms with Gasteiger partial charge in [0.1, 0.15) is 5.36 Å². The van der Waals surface area contributed by atoms with E-state index in [0.29, 0.717) is 45.3 Å². The van der Waals surface area contributed by atoms with Crippen LogP contribution in [0.1, 0.15) is 22.4 Å². The fraction of sp³-hybridized carbons (Fsp3) is 0.138. The van der Waals surface area contributed by atoms with Gasteiger partial charge < -0.3 is 20.4 Å². The van der Waals surface area contributed by atoms with Crippen LogP contribution in [0, 0.1) is 12.7 Å². The van der Waals surface area contributed by atoms with Crippen molar-refractivity contribution in [1.82, 2.24) is 25.7 Å². The van der Waals surface area contributed by atoms with Crippen LogP contribution < -0.4 is 31.0 Å². The number of hydrogen-bond donors (Lipinski definition) is 2. The summed E-state index contributed by atoms with van der Waals surface area (Å²) in [5, 5.41) is 8.20. The van der Waals surface area contributed by atoms with Gasteiger partial charge in [-0.1, -0.05) is 30.8 Å². The molecular weight excluding hydrogens is 497 g/mol. The molecule has 0 saturated carbocycles. The van der Waals surface area contributed by atoms with Crippen molar-refractivity contribution in [3.63, 3.8) is 0 Å². The molecule has 2 N–H and O–H groups in total. The van der Waals surface area contributed by atoms with Gasteiger partial charge in [0, 0.05) is 47.5 Å². The highest BCUT2D eigenvalue weighted by Gasteiger charge is 2.30. The van der Waals surface area contributed by atoms with Crippen LogP contribution in [-0.4, -0.2) is 27.9 Å². The van der Waals surface area contributed by atoms with E-state index >= 15 is 4.39 Å². The summed E-state index contributed by atoms with van der Waals surface area (Å²) < 4.78 is 22.3. The Morgan fingerprint density at radius 3 is 2.82 bits per heavy atom. The highest BCUT2D eigenvalue weighted by atomic mass is 19.1. The number of nitrogens with one attached hydrogen (secondary N) is 2. The molecule has 2 aromatic rings. The maximum atomic E-state index is 16.3. The average Bonchev–Trinajstić information content (AvgIpc) is 3.34. The van der Waals surface area contributed by atoms with Crippen molar-refractivity contribution in [3.05, 3.63) is 100 Å². The minimum absolute atomic E-state index is 0.0220. The van der Waals surface area contributed by atoms with Gasteiger partial charge in [0.25, 0.3) is 0 Å². The Labute approximate surface area is 223 Å². The number of amides is 1. The quantitative estimate of drug-likeness (QED) is 0.376. The number of anilines is 1. The number of allylic oxidation sites excluding steroid dienone is 1. The van der Waals surface area contributed by atoms with E-state index in [-0.39, 0.29) is 24.2 Å². The lowest BCUT2D eigenvalue weighted by Crippen LogP contribution is -2.26. The number of hydrogen-bond acceptors (Lipinski definition) is 8. The lowest BCUT2D eigenvalue weighted by molar-refractivity contribution is -0.116. The van der Waals surface area contributed by atoms with E-state index in [2.05, 4.69) is 37.4 Å². The second-order valence-electron chi connectivity index (χ2n) is 9.18. The molecule has 10 heteroatoms. The Balaban J connectivity index is 1.50. The van der Waals surface area contributed by atoms with E-state index in [9.17, 15) is 4.79 Å². The molecule has 0 radical (unpaired) electrons. The van der Waals surface area contributed by atoms with Crippen LogP contribution in [0.2, 0.25) is 0 Å². The number of halogens is 1. The molecule has 1 aromatic heterocycles. The van der Waals surface area contributed by atoms with Gasteiger partial charge in [-0.25, -0.2) is 14.4 Å². The summed E-state index contributed by atoms with van der Waals surface area (Å²) in [4.78, 5) is 26.7. The molecule has 39 heavy (non-hydrogen) atoms. The number of aryl methyl sites for hydroxylation is 1. The molecule has 1 amide bonds. The lowest BCUT2D eigenvalue weighted by Gasteiger charge is -2.27. The SMILES string of the molecule is C=CC(=O)NCc1ccc(C2=CC=c3c(Oc4nccc(C)n4)c(F)c4c5c(cnc-5c3N2C)=NNC4)cc1. The topological polar surface area (TPSA) is 105 Å². The fourth-order valence-corrected chi connectivity index (χ4v) is 4.81. The minimum atomic E-state index is -0.518. The van der Waals surface area contributed by atoms with Crippen molar-refractivity contribution < 1.29 is 13.9 Å². The van der Waals surface area contributed by atoms with E-state index in [1.54, 1.807) is 18.5 Å². The first-order valence-corrected chi connectivity index (χ1v) is 12.3. The van der Waals surface area contributed by atoms with Crippen LogP contribution >= 0.6 is 0 Å². The summed E-state index contributed by atoms with van der Waals surface area (Å²) in [6.45, 7) is 5.88. The molecule has 1 aromatic carbocycles. The highest BCUT2D eigenvalue weighted by Crippen LogP contribution is 2.38. The molecule has 4 heterocycles. The molecule has 6 rings (SSSR count). The van der Waals surface area contributed by atoms with Gasteiger partial charge in [0.15, 0.2) is 11.6 Å². The van der Waals surface area contributed by atoms with E-state index in [0.717, 1.165) is 16.8 Å². The molecule has 9 nitrogen and oxygen atoms in total. The van der Waals surface area contributed by atoms with Gasteiger partial charge in [-0.3, -0.25) is 9.78 Å². The Hall–Kier alpha value is -5.12. The zero-order chi connectivity index (χ0) is 27.1. The highest BCUT2D eigenvalue weighted by molar-refractivity contribution is 5.93. The van der Waals surface area contributed by atoms with Crippen molar-refractivity contribution in [1.29, 1.82) is 0 Å². The zero-order valence-electron chi connectivity index (χ0n) is 21.3. The third-order valence-electron chi connectivity index (χ3n) is 6.73. The molecule has 3 aliphatic heterocycles. The first-order valence-electron chi connectivity index (χ1n) is 12.3. The first-order chi connectivity index (χ1) is 18.9. The number of carbonyl (C=O) groups is 1. The summed E-state index contributed by atoms with van der Waals surface area (Å²) >= 11 is 0. The lowest BCUT2D eigenvalue weighted by atomic mass is 10.0. The number of carbonyl (C=O) groups excluding carboxylic acids is 1. The van der Waals surface area contributed by atoms with Gasteiger partial charge in [-0.2, -0.15) is 5.10 Å². The Kier molecular flexibility index (Phi) is 5.99. The zero-order valence-corrected chi connectivity index (χ0v) is 21.3. The minimum Gasteiger partial charge on any atom is -0.420 e. The van der Waals surface area contributed by atoms with Crippen LogP contribution in [0.25, 0.3) is 23.0 Å². The van der Waals surface area contributed by atoms with Crippen molar-refractivity contribution in [2.24, 2.45) is 5.10 Å². The van der Waals surface area contributed by atoms with E-state index in [4.69, 9.17) is 4.74 Å². The third kappa shape index (κ3) is 4.25. The summed E-state index contributed by atoms with van der Waals surface area (Å²) in [6, 6.07) is 9.66. The number of fused-ring (bicyclic) bond motifs is 2. The van der Waals surface area contributed by atoms with Crippen molar-refractivity contribution in [2.75, 3.05) is 11.9 Å². The largest absolute Gasteiger partial charge is 0.420 e. The predicted octanol–water partition coefficient (Wildman–Crippen LogP) is 2.93. The van der Waals surface area contributed by atoms with Crippen molar-refractivity contribution in [3.8, 4) is 23.0 Å². The summed E-state index contributed by atoms with van der Waals surface area (Å²) in [6.07, 6.45) is 8.20. The van der Waals surface area contributed by atoms with Gasteiger partial charge in [0.05, 0.1) is 24.1 Å². The molecule has 0 atom stereocenters. The van der Waals surface area contributed by atoms with Gasteiger partial charge in [-0.05, 0) is 42.3 Å². The van der Waals surface area contributed by atoms with Gasteiger partial charge in [0.2, 0.25) is 5.91 Å². The molecule has 1 aliphatic carbocycles. The number of ether oxygens (including phenoxy) is 1. The van der Waals surface area contributed by atoms with Crippen LogP contribution in [0.5, 0.6) is 11.8 Å². The van der Waals surface area contributed by atoms with E-state index in [1.165, 1.54) is 6.08 Å². The fourth-order valence-electron chi connectivity index (χ4n) is 4.81. The molecular formula is C29H24FN7O2. The Bertz CT molecular complexity index is 1770. The Morgan fingerprint density at radius 2 is 2.05 bits per heavy atom. The summed E-state index contributed by atoms with van der Waals surface area (Å²) in [7, 11) is 1.91. The number of aromatic nitrogens is 3. The number of benzene rings is 1. The summed E-state index contributed by atoms with van der Waals surface area (Å²) in [5.74, 6) is -0.724. The maximum absolute atomic E-state index is 16.3. The van der Waals surface area contributed by atoms with Crippen LogP contribution in [0.3, 0.4) is 0 Å². The van der Waals surface area contributed by atoms with Gasteiger partial charge >= 0.3 is 6.01 Å². The second kappa shape index (κ2) is 9.64. The molecule has 0 unspecified atom stereocenters. The predicted molar refractivity (Wildman–Crippen MR) is 145 cm³/mol. The monoisotopic (exact) mass is 521 g/mol. The first kappa shape index (κ1) is 24.2. The molecule has 0 spiro atoms. The van der Waals surface area contributed by atoms with Crippen molar-refractivity contribution in [2.45, 2.75) is 20.0 Å². The summed E-state index contributed by atoms with van der Waals surface area (Å²) in [5.41, 5.74) is 8.72. The maximum Gasteiger partial charge on any atom is 0.322 e. The number of rotatable bonds is 6. The van der Waals surface area contributed by atoms with Gasteiger partial charge in [-0.15, -0.1) is 0 Å². The van der Waals surface area contributed by atoms with E-state index in [1.807, 2.05) is 55.3 Å². The molecule has 0 saturated heterocycles. The van der Waals surface area contributed by atoms with Crippen LogP contribution in [-0.2, 0) is 17.9 Å². The van der Waals surface area contributed by atoms with E-state index < -0.39 is 5.82 Å². The number of nitrogens with zero attached hydrogens (tertiary/aromatic N) is 5. The normalized spacial score (nSPS) is 13.4. The molecule has 0 bridgehead atoms.